The summed E-state index contributed by atoms with van der Waals surface area (Å²) in [6, 6.07) is 12.2. The van der Waals surface area contributed by atoms with Crippen LogP contribution in [0.2, 0.25) is 0 Å². The number of primary amides is 1. The third kappa shape index (κ3) is 5.32. The van der Waals surface area contributed by atoms with Crippen LogP contribution in [0.4, 0.5) is 5.69 Å². The van der Waals surface area contributed by atoms with Crippen LogP contribution in [0.5, 0.6) is 5.75 Å². The van der Waals surface area contributed by atoms with Gasteiger partial charge in [-0.2, -0.15) is 0 Å². The summed E-state index contributed by atoms with van der Waals surface area (Å²) < 4.78 is 6.66. The van der Waals surface area contributed by atoms with Gasteiger partial charge in [0.1, 0.15) is 5.75 Å². The topological polar surface area (TPSA) is 81.4 Å². The lowest BCUT2D eigenvalue weighted by atomic mass is 9.86. The number of rotatable bonds is 5. The predicted octanol–water partition coefficient (Wildman–Crippen LogP) is 3.86. The predicted molar refractivity (Wildman–Crippen MR) is 102 cm³/mol. The van der Waals surface area contributed by atoms with Gasteiger partial charge in [0.2, 0.25) is 5.91 Å². The maximum atomic E-state index is 12.1. The summed E-state index contributed by atoms with van der Waals surface area (Å²) in [5, 5.41) is 2.70. The van der Waals surface area contributed by atoms with Crippen LogP contribution in [-0.4, -0.2) is 18.4 Å². The fourth-order valence-corrected chi connectivity index (χ4v) is 2.67. The molecule has 0 atom stereocenters. The Kier molecular flexibility index (Phi) is 5.85. The zero-order chi connectivity index (χ0) is 18.6. The van der Waals surface area contributed by atoms with E-state index in [1.807, 2.05) is 18.2 Å². The summed E-state index contributed by atoms with van der Waals surface area (Å²) in [6.07, 6.45) is 0. The van der Waals surface area contributed by atoms with Crippen LogP contribution in [0.15, 0.2) is 46.9 Å². The minimum atomic E-state index is -0.544. The van der Waals surface area contributed by atoms with Gasteiger partial charge in [-0.25, -0.2) is 0 Å². The molecular weight excluding hydrogens is 384 g/mol. The minimum Gasteiger partial charge on any atom is -0.483 e. The number of benzene rings is 2. The maximum absolute atomic E-state index is 12.1. The molecule has 25 heavy (non-hydrogen) atoms. The van der Waals surface area contributed by atoms with E-state index in [2.05, 4.69) is 42.0 Å². The van der Waals surface area contributed by atoms with Crippen molar-refractivity contribution in [2.24, 2.45) is 5.73 Å². The quantitative estimate of drug-likeness (QED) is 0.793. The molecule has 2 amide bonds. The first kappa shape index (κ1) is 19.0. The van der Waals surface area contributed by atoms with Gasteiger partial charge >= 0.3 is 0 Å². The highest BCUT2D eigenvalue weighted by Gasteiger charge is 2.20. The minimum absolute atomic E-state index is 0.120. The number of halogens is 1. The molecule has 0 saturated heterocycles. The molecule has 0 fully saturated rings. The van der Waals surface area contributed by atoms with Gasteiger partial charge in [0, 0.05) is 21.3 Å². The van der Waals surface area contributed by atoms with Gasteiger partial charge in [0.05, 0.1) is 0 Å². The second-order valence-corrected chi connectivity index (χ2v) is 7.59. The van der Waals surface area contributed by atoms with Gasteiger partial charge in [-0.15, -0.1) is 0 Å². The average Bonchev–Trinajstić information content (AvgIpc) is 2.53. The number of nitrogens with two attached hydrogens (primary N) is 1. The Morgan fingerprint density at radius 3 is 2.52 bits per heavy atom. The van der Waals surface area contributed by atoms with E-state index in [0.717, 1.165) is 10.0 Å². The first-order valence-corrected chi connectivity index (χ1v) is 8.58. The third-order valence-corrected chi connectivity index (χ3v) is 4.03. The van der Waals surface area contributed by atoms with Crippen LogP contribution in [0.1, 0.15) is 36.7 Å². The van der Waals surface area contributed by atoms with Crippen LogP contribution in [-0.2, 0) is 10.2 Å². The van der Waals surface area contributed by atoms with Gasteiger partial charge in [0.15, 0.2) is 6.61 Å². The molecule has 2 rings (SSSR count). The lowest BCUT2D eigenvalue weighted by Gasteiger charge is -2.23. The second-order valence-electron chi connectivity index (χ2n) is 6.67. The number of hydrogen-bond donors (Lipinski definition) is 2. The van der Waals surface area contributed by atoms with Crippen LogP contribution < -0.4 is 15.8 Å². The molecule has 0 saturated carbocycles. The molecule has 0 heterocycles. The van der Waals surface area contributed by atoms with Crippen LogP contribution in [0, 0.1) is 0 Å². The van der Waals surface area contributed by atoms with Gasteiger partial charge < -0.3 is 15.8 Å². The van der Waals surface area contributed by atoms with Gasteiger partial charge in [-0.1, -0.05) is 42.8 Å². The van der Waals surface area contributed by atoms with Crippen molar-refractivity contribution in [3.05, 3.63) is 58.1 Å². The van der Waals surface area contributed by atoms with Crippen LogP contribution >= 0.6 is 15.9 Å². The van der Waals surface area contributed by atoms with E-state index in [0.29, 0.717) is 17.0 Å². The van der Waals surface area contributed by atoms with E-state index in [4.69, 9.17) is 10.5 Å². The SMILES string of the molecule is CC(C)(C)c1cc(Br)ccc1OCC(=O)Nc1cccc(C(N)=O)c1. The first-order valence-electron chi connectivity index (χ1n) is 7.79. The highest BCUT2D eigenvalue weighted by molar-refractivity contribution is 9.10. The number of anilines is 1. The summed E-state index contributed by atoms with van der Waals surface area (Å²) >= 11 is 3.46. The van der Waals surface area contributed by atoms with E-state index in [1.54, 1.807) is 18.2 Å². The second kappa shape index (κ2) is 7.70. The molecule has 0 radical (unpaired) electrons. The Hall–Kier alpha value is -2.34. The third-order valence-electron chi connectivity index (χ3n) is 3.54. The van der Waals surface area contributed by atoms with E-state index in [-0.39, 0.29) is 17.9 Å². The smallest absolute Gasteiger partial charge is 0.262 e. The van der Waals surface area contributed by atoms with Crippen molar-refractivity contribution in [3.8, 4) is 5.75 Å². The largest absolute Gasteiger partial charge is 0.483 e. The van der Waals surface area contributed by atoms with Crippen molar-refractivity contribution >= 4 is 33.4 Å². The zero-order valence-electron chi connectivity index (χ0n) is 14.4. The number of amides is 2. The molecule has 0 aliphatic carbocycles. The van der Waals surface area contributed by atoms with Crippen LogP contribution in [0.3, 0.4) is 0 Å². The van der Waals surface area contributed by atoms with E-state index in [9.17, 15) is 9.59 Å². The molecule has 2 aromatic carbocycles. The first-order chi connectivity index (χ1) is 11.7. The van der Waals surface area contributed by atoms with Gasteiger partial charge in [-0.3, -0.25) is 9.59 Å². The molecule has 3 N–H and O–H groups in total. The van der Waals surface area contributed by atoms with Crippen molar-refractivity contribution in [2.75, 3.05) is 11.9 Å². The van der Waals surface area contributed by atoms with E-state index >= 15 is 0 Å². The Labute approximate surface area is 155 Å². The summed E-state index contributed by atoms with van der Waals surface area (Å²) in [5.74, 6) is -0.196. The fourth-order valence-electron chi connectivity index (χ4n) is 2.30. The normalized spacial score (nSPS) is 11.0. The van der Waals surface area contributed by atoms with Crippen molar-refractivity contribution < 1.29 is 14.3 Å². The molecule has 6 heteroatoms. The Morgan fingerprint density at radius 1 is 1.16 bits per heavy atom. The van der Waals surface area contributed by atoms with Gasteiger partial charge in [0.25, 0.3) is 5.91 Å². The van der Waals surface area contributed by atoms with Crippen LogP contribution in [0.25, 0.3) is 0 Å². The van der Waals surface area contributed by atoms with Crippen molar-refractivity contribution in [3.63, 3.8) is 0 Å². The highest BCUT2D eigenvalue weighted by atomic mass is 79.9. The van der Waals surface area contributed by atoms with Crippen molar-refractivity contribution in [1.82, 2.24) is 0 Å². The number of nitrogens with one attached hydrogen (secondary N) is 1. The maximum Gasteiger partial charge on any atom is 0.262 e. The monoisotopic (exact) mass is 404 g/mol. The summed E-state index contributed by atoms with van der Waals surface area (Å²) in [6.45, 7) is 6.11. The van der Waals surface area contributed by atoms with Gasteiger partial charge in [-0.05, 0) is 41.8 Å². The lowest BCUT2D eigenvalue weighted by Crippen LogP contribution is -2.22. The van der Waals surface area contributed by atoms with Crippen molar-refractivity contribution in [2.45, 2.75) is 26.2 Å². The average molecular weight is 405 g/mol. The zero-order valence-corrected chi connectivity index (χ0v) is 16.0. The van der Waals surface area contributed by atoms with Crippen molar-refractivity contribution in [1.29, 1.82) is 0 Å². The molecule has 2 aromatic rings. The Morgan fingerprint density at radius 2 is 1.88 bits per heavy atom. The fraction of sp³-hybridized carbons (Fsp3) is 0.263. The molecule has 0 spiro atoms. The number of hydrogen-bond acceptors (Lipinski definition) is 3. The summed E-state index contributed by atoms with van der Waals surface area (Å²) in [7, 11) is 0. The Bertz CT molecular complexity index is 797. The molecular formula is C19H21BrN2O3. The molecule has 5 nitrogen and oxygen atoms in total. The summed E-state index contributed by atoms with van der Waals surface area (Å²) in [5.41, 5.74) is 6.95. The van der Waals surface area contributed by atoms with E-state index < -0.39 is 5.91 Å². The number of ether oxygens (including phenoxy) is 1. The standard InChI is InChI=1S/C19H21BrN2O3/c1-19(2,3)15-10-13(20)7-8-16(15)25-11-17(23)22-14-6-4-5-12(9-14)18(21)24/h4-10H,11H2,1-3H3,(H2,21,24)(H,22,23). The lowest BCUT2D eigenvalue weighted by molar-refractivity contribution is -0.118. The molecule has 0 aromatic heterocycles. The van der Waals surface area contributed by atoms with E-state index in [1.165, 1.54) is 6.07 Å². The molecule has 0 unspecified atom stereocenters. The molecule has 0 bridgehead atoms. The summed E-state index contributed by atoms with van der Waals surface area (Å²) in [4.78, 5) is 23.3. The number of carbonyl (C=O) groups is 2. The molecule has 0 aliphatic rings. The number of carbonyl (C=O) groups excluding carboxylic acids is 2. The molecule has 0 aliphatic heterocycles. The highest BCUT2D eigenvalue weighted by Crippen LogP contribution is 2.33. The molecule has 132 valence electrons. The Balaban J connectivity index is 2.06.